The lowest BCUT2D eigenvalue weighted by molar-refractivity contribution is 0.233. The topological polar surface area (TPSA) is 42.2 Å². The third kappa shape index (κ3) is 2.76. The lowest BCUT2D eigenvalue weighted by atomic mass is 9.76. The van der Waals surface area contributed by atoms with Crippen molar-refractivity contribution >= 4 is 27.4 Å². The SMILES string of the molecule is CC1(CNc2nc(Br)cn3ccnc23)CCCCC1. The van der Waals surface area contributed by atoms with Crippen molar-refractivity contribution in [3.05, 3.63) is 23.2 Å². The summed E-state index contributed by atoms with van der Waals surface area (Å²) in [5.74, 6) is 0.867. The van der Waals surface area contributed by atoms with Crippen LogP contribution in [0.5, 0.6) is 0 Å². The normalized spacial score (nSPS) is 18.6. The fourth-order valence-electron chi connectivity index (χ4n) is 2.90. The molecule has 102 valence electrons. The van der Waals surface area contributed by atoms with Gasteiger partial charge in [-0.3, -0.25) is 0 Å². The van der Waals surface area contributed by atoms with Crippen LogP contribution in [0, 0.1) is 5.41 Å². The van der Waals surface area contributed by atoms with Crippen LogP contribution >= 0.6 is 15.9 Å². The first-order chi connectivity index (χ1) is 9.16. The maximum absolute atomic E-state index is 4.51. The van der Waals surface area contributed by atoms with Crippen LogP contribution in [0.2, 0.25) is 0 Å². The van der Waals surface area contributed by atoms with Crippen LogP contribution in [0.3, 0.4) is 0 Å². The maximum atomic E-state index is 4.51. The van der Waals surface area contributed by atoms with Gasteiger partial charge in [0.25, 0.3) is 0 Å². The van der Waals surface area contributed by atoms with Crippen LogP contribution in [0.4, 0.5) is 5.82 Å². The lowest BCUT2D eigenvalue weighted by Gasteiger charge is -2.33. The Morgan fingerprint density at radius 3 is 2.95 bits per heavy atom. The minimum atomic E-state index is 0.395. The molecule has 2 heterocycles. The summed E-state index contributed by atoms with van der Waals surface area (Å²) in [7, 11) is 0. The van der Waals surface area contributed by atoms with Crippen molar-refractivity contribution in [1.82, 2.24) is 14.4 Å². The summed E-state index contributed by atoms with van der Waals surface area (Å²) in [5.41, 5.74) is 1.29. The summed E-state index contributed by atoms with van der Waals surface area (Å²) in [5, 5.41) is 3.50. The largest absolute Gasteiger partial charge is 0.366 e. The zero-order chi connectivity index (χ0) is 13.3. The van der Waals surface area contributed by atoms with Crippen LogP contribution in [0.25, 0.3) is 5.65 Å². The van der Waals surface area contributed by atoms with Crippen molar-refractivity contribution in [2.45, 2.75) is 39.0 Å². The number of fused-ring (bicyclic) bond motifs is 1. The van der Waals surface area contributed by atoms with E-state index in [-0.39, 0.29) is 0 Å². The molecule has 2 aromatic rings. The number of nitrogens with one attached hydrogen (secondary N) is 1. The van der Waals surface area contributed by atoms with Gasteiger partial charge in [0, 0.05) is 25.1 Å². The zero-order valence-corrected chi connectivity index (χ0v) is 12.8. The molecule has 0 bridgehead atoms. The second-order valence-electron chi connectivity index (χ2n) is 5.80. The average Bonchev–Trinajstić information content (AvgIpc) is 2.85. The standard InChI is InChI=1S/C14H19BrN4/c1-14(5-3-2-4-6-14)10-17-12-13-16-7-8-19(13)9-11(15)18-12/h7-9H,2-6,10H2,1H3,(H,17,18). The van der Waals surface area contributed by atoms with Crippen molar-refractivity contribution in [2.24, 2.45) is 5.41 Å². The smallest absolute Gasteiger partial charge is 0.180 e. The average molecular weight is 323 g/mol. The minimum absolute atomic E-state index is 0.395. The second kappa shape index (κ2) is 5.12. The predicted molar refractivity (Wildman–Crippen MR) is 80.4 cm³/mol. The lowest BCUT2D eigenvalue weighted by Crippen LogP contribution is -2.29. The number of aromatic nitrogens is 3. The molecule has 1 aliphatic carbocycles. The third-order valence-electron chi connectivity index (χ3n) is 4.09. The van der Waals surface area contributed by atoms with E-state index < -0.39 is 0 Å². The van der Waals surface area contributed by atoms with Crippen molar-refractivity contribution < 1.29 is 0 Å². The van der Waals surface area contributed by atoms with Gasteiger partial charge in [-0.25, -0.2) is 9.97 Å². The molecule has 1 saturated carbocycles. The van der Waals surface area contributed by atoms with E-state index in [0.29, 0.717) is 5.41 Å². The van der Waals surface area contributed by atoms with E-state index in [1.807, 2.05) is 16.8 Å². The molecule has 0 radical (unpaired) electrons. The van der Waals surface area contributed by atoms with Gasteiger partial charge in [-0.15, -0.1) is 0 Å². The highest BCUT2D eigenvalue weighted by molar-refractivity contribution is 9.10. The monoisotopic (exact) mass is 322 g/mol. The highest BCUT2D eigenvalue weighted by atomic mass is 79.9. The van der Waals surface area contributed by atoms with Crippen LogP contribution < -0.4 is 5.32 Å². The molecule has 0 saturated heterocycles. The van der Waals surface area contributed by atoms with Crippen LogP contribution in [-0.2, 0) is 0 Å². The Labute approximate surface area is 121 Å². The number of imidazole rings is 1. The van der Waals surface area contributed by atoms with E-state index in [1.165, 1.54) is 32.1 Å². The predicted octanol–water partition coefficient (Wildman–Crippen LogP) is 3.87. The molecule has 0 spiro atoms. The van der Waals surface area contributed by atoms with E-state index in [9.17, 15) is 0 Å². The van der Waals surface area contributed by atoms with Gasteiger partial charge in [0.15, 0.2) is 11.5 Å². The van der Waals surface area contributed by atoms with Crippen molar-refractivity contribution in [2.75, 3.05) is 11.9 Å². The molecule has 5 heteroatoms. The molecule has 0 aromatic carbocycles. The number of halogens is 1. The molecule has 0 aliphatic heterocycles. The quantitative estimate of drug-likeness (QED) is 0.932. The molecule has 1 N–H and O–H groups in total. The summed E-state index contributed by atoms with van der Waals surface area (Å²) in [6, 6.07) is 0. The van der Waals surface area contributed by atoms with Gasteiger partial charge < -0.3 is 9.72 Å². The Hall–Kier alpha value is -1.10. The Balaban J connectivity index is 1.79. The van der Waals surface area contributed by atoms with E-state index >= 15 is 0 Å². The highest BCUT2D eigenvalue weighted by Crippen LogP contribution is 2.35. The number of hydrogen-bond acceptors (Lipinski definition) is 3. The van der Waals surface area contributed by atoms with Crippen LogP contribution in [0.1, 0.15) is 39.0 Å². The van der Waals surface area contributed by atoms with Crippen molar-refractivity contribution in [3.8, 4) is 0 Å². The number of rotatable bonds is 3. The van der Waals surface area contributed by atoms with Gasteiger partial charge in [-0.05, 0) is 34.2 Å². The summed E-state index contributed by atoms with van der Waals surface area (Å²) in [4.78, 5) is 8.87. The van der Waals surface area contributed by atoms with Gasteiger partial charge in [-0.2, -0.15) is 0 Å². The summed E-state index contributed by atoms with van der Waals surface area (Å²) in [6.45, 7) is 3.35. The Kier molecular flexibility index (Phi) is 3.48. The molecule has 4 nitrogen and oxygen atoms in total. The molecule has 0 unspecified atom stereocenters. The van der Waals surface area contributed by atoms with Gasteiger partial charge in [0.2, 0.25) is 0 Å². The molecular weight excluding hydrogens is 304 g/mol. The summed E-state index contributed by atoms with van der Waals surface area (Å²) < 4.78 is 2.82. The van der Waals surface area contributed by atoms with Crippen molar-refractivity contribution in [1.29, 1.82) is 0 Å². The molecule has 0 atom stereocenters. The fraction of sp³-hybridized carbons (Fsp3) is 0.571. The fourth-order valence-corrected chi connectivity index (χ4v) is 3.30. The van der Waals surface area contributed by atoms with Gasteiger partial charge in [-0.1, -0.05) is 26.2 Å². The van der Waals surface area contributed by atoms with Gasteiger partial charge in [0.1, 0.15) is 4.60 Å². The molecule has 1 aliphatic rings. The zero-order valence-electron chi connectivity index (χ0n) is 11.2. The first-order valence-corrected chi connectivity index (χ1v) is 7.69. The molecule has 1 fully saturated rings. The Morgan fingerprint density at radius 2 is 2.16 bits per heavy atom. The van der Waals surface area contributed by atoms with E-state index in [1.54, 1.807) is 6.20 Å². The van der Waals surface area contributed by atoms with Gasteiger partial charge in [0.05, 0.1) is 0 Å². The molecular formula is C14H19BrN4. The number of anilines is 1. The molecule has 3 rings (SSSR count). The van der Waals surface area contributed by atoms with E-state index in [2.05, 4.69) is 38.1 Å². The Bertz CT molecular complexity index is 572. The molecule has 19 heavy (non-hydrogen) atoms. The number of nitrogens with zero attached hydrogens (tertiary/aromatic N) is 3. The van der Waals surface area contributed by atoms with E-state index in [4.69, 9.17) is 0 Å². The molecule has 2 aromatic heterocycles. The van der Waals surface area contributed by atoms with Crippen LogP contribution in [-0.4, -0.2) is 20.9 Å². The summed E-state index contributed by atoms with van der Waals surface area (Å²) in [6.07, 6.45) is 12.4. The second-order valence-corrected chi connectivity index (χ2v) is 6.61. The first-order valence-electron chi connectivity index (χ1n) is 6.89. The van der Waals surface area contributed by atoms with E-state index in [0.717, 1.165) is 22.6 Å². The number of hydrogen-bond donors (Lipinski definition) is 1. The summed E-state index contributed by atoms with van der Waals surface area (Å²) >= 11 is 3.45. The van der Waals surface area contributed by atoms with Crippen molar-refractivity contribution in [3.63, 3.8) is 0 Å². The molecule has 0 amide bonds. The minimum Gasteiger partial charge on any atom is -0.366 e. The maximum Gasteiger partial charge on any atom is 0.180 e. The third-order valence-corrected chi connectivity index (χ3v) is 4.47. The van der Waals surface area contributed by atoms with Crippen LogP contribution in [0.15, 0.2) is 23.2 Å². The van der Waals surface area contributed by atoms with Gasteiger partial charge >= 0.3 is 0 Å². The Morgan fingerprint density at radius 1 is 1.37 bits per heavy atom. The first kappa shape index (κ1) is 12.9. The highest BCUT2D eigenvalue weighted by Gasteiger charge is 2.26.